The molecule has 1 aliphatic rings. The van der Waals surface area contributed by atoms with Crippen LogP contribution in [0.5, 0.6) is 0 Å². The first-order chi connectivity index (χ1) is 6.68. The Morgan fingerprint density at radius 2 is 2.57 bits per heavy atom. The van der Waals surface area contributed by atoms with Crippen LogP contribution in [0.2, 0.25) is 0 Å². The maximum absolute atomic E-state index is 10.6. The fourth-order valence-electron chi connectivity index (χ4n) is 1.80. The van der Waals surface area contributed by atoms with E-state index in [1.165, 1.54) is 5.56 Å². The highest BCUT2D eigenvalue weighted by atomic mass is 16.4. The number of hydrogen-bond acceptors (Lipinski definition) is 2. The molecule has 0 bridgehead atoms. The topological polar surface area (TPSA) is 56.3 Å². The number of nitrogens with one attached hydrogen (secondary N) is 1. The molecular weight excluding hydrogens is 180 g/mol. The summed E-state index contributed by atoms with van der Waals surface area (Å²) < 4.78 is 0. The molecule has 14 heavy (non-hydrogen) atoms. The minimum absolute atomic E-state index is 0.154. The molecule has 0 radical (unpaired) electrons. The normalized spacial score (nSPS) is 25.3. The molecule has 0 aromatic carbocycles. The molecule has 0 aliphatic heterocycles. The van der Waals surface area contributed by atoms with Crippen molar-refractivity contribution in [3.63, 3.8) is 0 Å². The second-order valence-corrected chi connectivity index (χ2v) is 3.88. The van der Waals surface area contributed by atoms with Gasteiger partial charge in [-0.25, -0.2) is 0 Å². The smallest absolute Gasteiger partial charge is 0.308 e. The summed E-state index contributed by atoms with van der Waals surface area (Å²) in [6, 6.07) is 2.23. The summed E-state index contributed by atoms with van der Waals surface area (Å²) >= 11 is 0. The van der Waals surface area contributed by atoms with Gasteiger partial charge in [0.2, 0.25) is 0 Å². The van der Waals surface area contributed by atoms with Gasteiger partial charge in [0.05, 0.1) is 5.92 Å². The van der Waals surface area contributed by atoms with Crippen LogP contribution >= 0.6 is 0 Å². The van der Waals surface area contributed by atoms with Crippen molar-refractivity contribution in [2.24, 2.45) is 5.92 Å². The lowest BCUT2D eigenvalue weighted by molar-refractivity contribution is -0.138. The Morgan fingerprint density at radius 1 is 1.79 bits per heavy atom. The van der Waals surface area contributed by atoms with E-state index in [0.29, 0.717) is 0 Å². The molecule has 1 heterocycles. The third kappa shape index (κ3) is 1.80. The lowest BCUT2D eigenvalue weighted by atomic mass is 10.3. The molecule has 4 heteroatoms. The van der Waals surface area contributed by atoms with Gasteiger partial charge in [-0.05, 0) is 25.1 Å². The first-order valence-corrected chi connectivity index (χ1v) is 4.73. The Kier molecular flexibility index (Phi) is 2.29. The SMILES string of the molecule is CN(Cc1cc[nH]c1)C1CC1C(=O)O. The minimum Gasteiger partial charge on any atom is -0.481 e. The van der Waals surface area contributed by atoms with Crippen LogP contribution < -0.4 is 0 Å². The zero-order valence-electron chi connectivity index (χ0n) is 8.10. The standard InChI is InChI=1S/C10H14N2O2/c1-12(6-7-2-3-11-5-7)9-4-8(9)10(13)14/h2-3,5,8-9,11H,4,6H2,1H3,(H,13,14). The van der Waals surface area contributed by atoms with Gasteiger partial charge in [-0.1, -0.05) is 0 Å². The minimum atomic E-state index is -0.670. The monoisotopic (exact) mass is 194 g/mol. The quantitative estimate of drug-likeness (QED) is 0.749. The molecule has 2 unspecified atom stereocenters. The summed E-state index contributed by atoms with van der Waals surface area (Å²) in [4.78, 5) is 15.7. The number of aromatic nitrogens is 1. The number of rotatable bonds is 4. The number of aromatic amines is 1. The number of nitrogens with zero attached hydrogens (tertiary/aromatic N) is 1. The molecule has 1 aromatic heterocycles. The summed E-state index contributed by atoms with van der Waals surface area (Å²) in [6.45, 7) is 0.817. The van der Waals surface area contributed by atoms with E-state index in [1.54, 1.807) is 0 Å². The Balaban J connectivity index is 1.86. The number of H-pyrrole nitrogens is 1. The third-order valence-corrected chi connectivity index (χ3v) is 2.73. The summed E-state index contributed by atoms with van der Waals surface area (Å²) in [6.07, 6.45) is 4.61. The second-order valence-electron chi connectivity index (χ2n) is 3.88. The van der Waals surface area contributed by atoms with E-state index in [1.807, 2.05) is 25.5 Å². The lowest BCUT2D eigenvalue weighted by Gasteiger charge is -2.14. The maximum Gasteiger partial charge on any atom is 0.308 e. The second kappa shape index (κ2) is 3.46. The molecular formula is C10H14N2O2. The predicted molar refractivity (Wildman–Crippen MR) is 51.8 cm³/mol. The molecule has 76 valence electrons. The predicted octanol–water partition coefficient (Wildman–Crippen LogP) is 0.920. The third-order valence-electron chi connectivity index (χ3n) is 2.73. The van der Waals surface area contributed by atoms with Crippen molar-refractivity contribution in [3.05, 3.63) is 24.0 Å². The van der Waals surface area contributed by atoms with Crippen molar-refractivity contribution >= 4 is 5.97 Å². The first kappa shape index (κ1) is 9.27. The van der Waals surface area contributed by atoms with Gasteiger partial charge >= 0.3 is 5.97 Å². The average Bonchev–Trinajstić information content (AvgIpc) is 2.80. The summed E-state index contributed by atoms with van der Waals surface area (Å²) in [5.74, 6) is -0.824. The number of aliphatic carboxylic acids is 1. The van der Waals surface area contributed by atoms with Gasteiger partial charge in [0, 0.05) is 25.0 Å². The molecule has 2 atom stereocenters. The molecule has 0 amide bonds. The van der Waals surface area contributed by atoms with Crippen LogP contribution in [0.15, 0.2) is 18.5 Å². The lowest BCUT2D eigenvalue weighted by Crippen LogP contribution is -2.23. The van der Waals surface area contributed by atoms with Crippen molar-refractivity contribution in [2.75, 3.05) is 7.05 Å². The van der Waals surface area contributed by atoms with Crippen LogP contribution in [0.4, 0.5) is 0 Å². The van der Waals surface area contributed by atoms with Crippen molar-refractivity contribution in [1.82, 2.24) is 9.88 Å². The van der Waals surface area contributed by atoms with Gasteiger partial charge in [-0.3, -0.25) is 9.69 Å². The Morgan fingerprint density at radius 3 is 3.07 bits per heavy atom. The highest BCUT2D eigenvalue weighted by molar-refractivity contribution is 5.74. The summed E-state index contributed by atoms with van der Waals surface area (Å²) in [5.41, 5.74) is 1.20. The highest BCUT2D eigenvalue weighted by Gasteiger charge is 2.45. The Hall–Kier alpha value is -1.29. The molecule has 0 saturated heterocycles. The van der Waals surface area contributed by atoms with Crippen LogP contribution in [0.1, 0.15) is 12.0 Å². The van der Waals surface area contributed by atoms with Gasteiger partial charge in [-0.15, -0.1) is 0 Å². The maximum atomic E-state index is 10.6. The molecule has 2 rings (SSSR count). The van der Waals surface area contributed by atoms with Crippen LogP contribution in [0.25, 0.3) is 0 Å². The van der Waals surface area contributed by atoms with E-state index < -0.39 is 5.97 Å². The van der Waals surface area contributed by atoms with E-state index in [4.69, 9.17) is 5.11 Å². The van der Waals surface area contributed by atoms with Crippen molar-refractivity contribution in [2.45, 2.75) is 19.0 Å². The van der Waals surface area contributed by atoms with Crippen LogP contribution in [-0.2, 0) is 11.3 Å². The van der Waals surface area contributed by atoms with Gasteiger partial charge in [0.15, 0.2) is 0 Å². The molecule has 2 N–H and O–H groups in total. The average molecular weight is 194 g/mol. The first-order valence-electron chi connectivity index (χ1n) is 4.73. The van der Waals surface area contributed by atoms with E-state index in [-0.39, 0.29) is 12.0 Å². The summed E-state index contributed by atoms with van der Waals surface area (Å²) in [5, 5.41) is 8.77. The number of carbonyl (C=O) groups is 1. The number of hydrogen-bond donors (Lipinski definition) is 2. The van der Waals surface area contributed by atoms with Crippen molar-refractivity contribution in [1.29, 1.82) is 0 Å². The molecule has 1 fully saturated rings. The molecule has 1 aliphatic carbocycles. The van der Waals surface area contributed by atoms with Crippen LogP contribution in [0, 0.1) is 5.92 Å². The zero-order chi connectivity index (χ0) is 10.1. The van der Waals surface area contributed by atoms with Crippen molar-refractivity contribution < 1.29 is 9.90 Å². The van der Waals surface area contributed by atoms with Crippen LogP contribution in [-0.4, -0.2) is 34.0 Å². The van der Waals surface area contributed by atoms with Gasteiger partial charge in [0.25, 0.3) is 0 Å². The Labute approximate surface area is 82.5 Å². The molecule has 0 spiro atoms. The van der Waals surface area contributed by atoms with Crippen molar-refractivity contribution in [3.8, 4) is 0 Å². The fourth-order valence-corrected chi connectivity index (χ4v) is 1.80. The van der Waals surface area contributed by atoms with Gasteiger partial charge < -0.3 is 10.1 Å². The molecule has 1 aromatic rings. The van der Waals surface area contributed by atoms with E-state index in [0.717, 1.165) is 13.0 Å². The Bertz CT molecular complexity index is 321. The van der Waals surface area contributed by atoms with Crippen LogP contribution in [0.3, 0.4) is 0 Å². The van der Waals surface area contributed by atoms with E-state index >= 15 is 0 Å². The van der Waals surface area contributed by atoms with E-state index in [2.05, 4.69) is 9.88 Å². The van der Waals surface area contributed by atoms with Gasteiger partial charge in [0.1, 0.15) is 0 Å². The highest BCUT2D eigenvalue weighted by Crippen LogP contribution is 2.35. The fraction of sp³-hybridized carbons (Fsp3) is 0.500. The van der Waals surface area contributed by atoms with E-state index in [9.17, 15) is 4.79 Å². The number of carboxylic acid groups (broad SMARTS) is 1. The van der Waals surface area contributed by atoms with Gasteiger partial charge in [-0.2, -0.15) is 0 Å². The summed E-state index contributed by atoms with van der Waals surface area (Å²) in [7, 11) is 1.97. The number of carboxylic acids is 1. The largest absolute Gasteiger partial charge is 0.481 e. The molecule has 4 nitrogen and oxygen atoms in total. The molecule has 1 saturated carbocycles. The zero-order valence-corrected chi connectivity index (χ0v) is 8.10.